The third-order valence-corrected chi connectivity index (χ3v) is 9.00. The Hall–Kier alpha value is -3.15. The van der Waals surface area contributed by atoms with Crippen molar-refractivity contribution in [3.63, 3.8) is 0 Å². The Kier molecular flexibility index (Phi) is 6.16. The summed E-state index contributed by atoms with van der Waals surface area (Å²) in [6.07, 6.45) is 8.79. The highest BCUT2D eigenvalue weighted by atomic mass is 32.1. The molecular formula is C24H27N7O2S2. The Balaban J connectivity index is 1.46. The lowest BCUT2D eigenvalue weighted by Crippen LogP contribution is -2.42. The first-order valence-corrected chi connectivity index (χ1v) is 13.1. The Morgan fingerprint density at radius 2 is 1.94 bits per heavy atom. The van der Waals surface area contributed by atoms with Gasteiger partial charge in [-0.1, -0.05) is 0 Å². The fraction of sp³-hybridized carbons (Fsp3) is 0.375. The van der Waals surface area contributed by atoms with Crippen LogP contribution in [-0.2, 0) is 0 Å². The third kappa shape index (κ3) is 4.35. The summed E-state index contributed by atoms with van der Waals surface area (Å²) in [6.45, 7) is 9.00. The number of aryl methyl sites for hydroxylation is 1. The number of hydrogen-bond donors (Lipinski definition) is 2. The van der Waals surface area contributed by atoms with Crippen LogP contribution in [-0.4, -0.2) is 61.5 Å². The van der Waals surface area contributed by atoms with Gasteiger partial charge in [0.15, 0.2) is 0 Å². The molecule has 0 aromatic carbocycles. The maximum atomic E-state index is 13.0. The number of amides is 2. The van der Waals surface area contributed by atoms with Crippen molar-refractivity contribution in [1.82, 2.24) is 29.8 Å². The number of carbonyl (C=O) groups excluding carboxylic acids is 2. The standard InChI is InChI=1S/C24H27N7O2S2/c1-14-9-17(22(33)28-6-8-30-7-4-5-24(30,2)3)34-19(14)18-20(15-10-26-13-27-11-15)35-23-16(21(25)32)12-29-31(18)23/h9-13H,4-8H2,1-3H3,(H2,25,32)(H,28,33). The van der Waals surface area contributed by atoms with E-state index in [-0.39, 0.29) is 11.4 Å². The van der Waals surface area contributed by atoms with E-state index in [0.29, 0.717) is 21.8 Å². The van der Waals surface area contributed by atoms with Gasteiger partial charge in [-0.3, -0.25) is 14.5 Å². The minimum atomic E-state index is -0.534. The number of thiazole rings is 1. The lowest BCUT2D eigenvalue weighted by Gasteiger charge is -2.31. The summed E-state index contributed by atoms with van der Waals surface area (Å²) in [5, 5.41) is 7.53. The predicted molar refractivity (Wildman–Crippen MR) is 138 cm³/mol. The summed E-state index contributed by atoms with van der Waals surface area (Å²) in [6, 6.07) is 1.91. The van der Waals surface area contributed by atoms with E-state index in [1.165, 1.54) is 48.0 Å². The second-order valence-electron chi connectivity index (χ2n) is 9.33. The lowest BCUT2D eigenvalue weighted by atomic mass is 10.0. The lowest BCUT2D eigenvalue weighted by molar-refractivity contribution is 0.0943. The molecule has 0 bridgehead atoms. The topological polar surface area (TPSA) is 119 Å². The molecule has 1 aliphatic rings. The van der Waals surface area contributed by atoms with Crippen molar-refractivity contribution in [2.75, 3.05) is 19.6 Å². The average Bonchev–Trinajstić information content (AvgIpc) is 3.57. The number of carbonyl (C=O) groups is 2. The van der Waals surface area contributed by atoms with Crippen molar-refractivity contribution in [3.8, 4) is 21.0 Å². The molecule has 9 nitrogen and oxygen atoms in total. The van der Waals surface area contributed by atoms with E-state index in [9.17, 15) is 9.59 Å². The van der Waals surface area contributed by atoms with E-state index in [0.717, 1.165) is 39.7 Å². The highest BCUT2D eigenvalue weighted by Crippen LogP contribution is 2.44. The summed E-state index contributed by atoms with van der Waals surface area (Å²) >= 11 is 2.82. The fourth-order valence-corrected chi connectivity index (χ4v) is 6.99. The second kappa shape index (κ2) is 9.14. The van der Waals surface area contributed by atoms with Crippen LogP contribution < -0.4 is 11.1 Å². The maximum absolute atomic E-state index is 13.0. The zero-order valence-corrected chi connectivity index (χ0v) is 21.5. The van der Waals surface area contributed by atoms with Gasteiger partial charge in [-0.05, 0) is 51.8 Å². The summed E-state index contributed by atoms with van der Waals surface area (Å²) in [7, 11) is 0. The third-order valence-electron chi connectivity index (χ3n) is 6.54. The normalized spacial score (nSPS) is 15.6. The molecule has 4 aromatic heterocycles. The highest BCUT2D eigenvalue weighted by Gasteiger charge is 2.31. The van der Waals surface area contributed by atoms with Crippen LogP contribution in [0.15, 0.2) is 31.0 Å². The van der Waals surface area contributed by atoms with E-state index >= 15 is 0 Å². The number of nitrogens with one attached hydrogen (secondary N) is 1. The molecule has 1 fully saturated rings. The molecule has 3 N–H and O–H groups in total. The van der Waals surface area contributed by atoms with Gasteiger partial charge in [-0.25, -0.2) is 14.5 Å². The molecule has 35 heavy (non-hydrogen) atoms. The molecular weight excluding hydrogens is 482 g/mol. The van der Waals surface area contributed by atoms with Gasteiger partial charge in [0.25, 0.3) is 11.8 Å². The molecule has 5 heterocycles. The van der Waals surface area contributed by atoms with Crippen molar-refractivity contribution in [1.29, 1.82) is 0 Å². The van der Waals surface area contributed by atoms with Gasteiger partial charge in [0.05, 0.1) is 26.4 Å². The molecule has 0 aliphatic carbocycles. The molecule has 0 saturated carbocycles. The second-order valence-corrected chi connectivity index (χ2v) is 11.4. The molecule has 5 rings (SSSR count). The molecule has 1 saturated heterocycles. The number of hydrogen-bond acceptors (Lipinski definition) is 8. The first-order chi connectivity index (χ1) is 16.8. The number of nitrogens with zero attached hydrogens (tertiary/aromatic N) is 5. The number of thiophene rings is 1. The van der Waals surface area contributed by atoms with Crippen molar-refractivity contribution < 1.29 is 9.59 Å². The van der Waals surface area contributed by atoms with Crippen molar-refractivity contribution >= 4 is 39.3 Å². The fourth-order valence-electron chi connectivity index (χ4n) is 4.61. The van der Waals surface area contributed by atoms with Gasteiger partial charge in [-0.15, -0.1) is 22.7 Å². The highest BCUT2D eigenvalue weighted by molar-refractivity contribution is 7.22. The number of aromatic nitrogens is 4. The van der Waals surface area contributed by atoms with Gasteiger partial charge < -0.3 is 11.1 Å². The van der Waals surface area contributed by atoms with Crippen LogP contribution in [0.5, 0.6) is 0 Å². The van der Waals surface area contributed by atoms with E-state index in [2.05, 4.69) is 39.1 Å². The van der Waals surface area contributed by atoms with E-state index in [1.54, 1.807) is 16.9 Å². The number of fused-ring (bicyclic) bond motifs is 1. The first-order valence-electron chi connectivity index (χ1n) is 11.5. The van der Waals surface area contributed by atoms with Crippen molar-refractivity contribution in [3.05, 3.63) is 47.0 Å². The summed E-state index contributed by atoms with van der Waals surface area (Å²) in [5.74, 6) is -0.622. The Bertz CT molecular complexity index is 1400. The summed E-state index contributed by atoms with van der Waals surface area (Å²) < 4.78 is 1.73. The minimum absolute atomic E-state index is 0.0873. The Morgan fingerprint density at radius 1 is 1.17 bits per heavy atom. The van der Waals surface area contributed by atoms with Crippen LogP contribution >= 0.6 is 22.7 Å². The zero-order chi connectivity index (χ0) is 24.7. The predicted octanol–water partition coefficient (Wildman–Crippen LogP) is 3.59. The molecule has 182 valence electrons. The molecule has 2 amide bonds. The minimum Gasteiger partial charge on any atom is -0.365 e. The van der Waals surface area contributed by atoms with Crippen LogP contribution in [0.25, 0.3) is 25.8 Å². The maximum Gasteiger partial charge on any atom is 0.261 e. The van der Waals surface area contributed by atoms with Crippen LogP contribution in [0.1, 0.15) is 52.3 Å². The average molecular weight is 510 g/mol. The molecule has 0 atom stereocenters. The summed E-state index contributed by atoms with van der Waals surface area (Å²) in [4.78, 5) is 38.8. The van der Waals surface area contributed by atoms with Crippen LogP contribution in [0.3, 0.4) is 0 Å². The smallest absolute Gasteiger partial charge is 0.261 e. The van der Waals surface area contributed by atoms with Crippen LogP contribution in [0.4, 0.5) is 0 Å². The van der Waals surface area contributed by atoms with E-state index in [4.69, 9.17) is 5.73 Å². The number of likely N-dealkylation sites (tertiary alicyclic amines) is 1. The summed E-state index contributed by atoms with van der Waals surface area (Å²) in [5.41, 5.74) is 8.68. The molecule has 11 heteroatoms. The number of primary amides is 1. The van der Waals surface area contributed by atoms with Gasteiger partial charge in [0, 0.05) is 36.6 Å². The first kappa shape index (κ1) is 23.6. The van der Waals surface area contributed by atoms with Gasteiger partial charge in [0.2, 0.25) is 0 Å². The largest absolute Gasteiger partial charge is 0.365 e. The molecule has 0 unspecified atom stereocenters. The van der Waals surface area contributed by atoms with Crippen LogP contribution in [0, 0.1) is 6.92 Å². The van der Waals surface area contributed by atoms with Crippen molar-refractivity contribution in [2.24, 2.45) is 5.73 Å². The number of nitrogens with two attached hydrogens (primary N) is 1. The molecule has 4 aromatic rings. The molecule has 0 radical (unpaired) electrons. The van der Waals surface area contributed by atoms with Gasteiger partial charge in [0.1, 0.15) is 16.9 Å². The van der Waals surface area contributed by atoms with Gasteiger partial charge >= 0.3 is 0 Å². The quantitative estimate of drug-likeness (QED) is 0.393. The van der Waals surface area contributed by atoms with Crippen molar-refractivity contribution in [2.45, 2.75) is 39.2 Å². The number of rotatable bonds is 7. The molecule has 0 spiro atoms. The zero-order valence-electron chi connectivity index (χ0n) is 19.9. The Labute approximate surface area is 211 Å². The van der Waals surface area contributed by atoms with Crippen LogP contribution in [0.2, 0.25) is 0 Å². The SMILES string of the molecule is Cc1cc(C(=O)NCCN2CCCC2(C)C)sc1-c1c(-c2cncnc2)sc2c(C(N)=O)cnn12. The van der Waals surface area contributed by atoms with E-state index < -0.39 is 5.91 Å². The Morgan fingerprint density at radius 3 is 2.63 bits per heavy atom. The van der Waals surface area contributed by atoms with E-state index in [1.807, 2.05) is 13.0 Å². The monoisotopic (exact) mass is 509 g/mol. The van der Waals surface area contributed by atoms with Gasteiger partial charge in [-0.2, -0.15) is 5.10 Å². The molecule has 1 aliphatic heterocycles.